The third kappa shape index (κ3) is 7.40. The molecule has 0 atom stereocenters. The van der Waals surface area contributed by atoms with Gasteiger partial charge in [-0.05, 0) is 43.5 Å². The van der Waals surface area contributed by atoms with Crippen molar-refractivity contribution in [3.63, 3.8) is 0 Å². The highest BCUT2D eigenvalue weighted by molar-refractivity contribution is 9.10. The van der Waals surface area contributed by atoms with Crippen molar-refractivity contribution in [2.45, 2.75) is 32.6 Å². The van der Waals surface area contributed by atoms with E-state index in [1.807, 2.05) is 24.3 Å². The van der Waals surface area contributed by atoms with E-state index in [1.165, 1.54) is 32.4 Å². The van der Waals surface area contributed by atoms with Crippen LogP contribution >= 0.6 is 15.9 Å². The van der Waals surface area contributed by atoms with Crippen LogP contribution in [0.4, 0.5) is 0 Å². The topological polar surface area (TPSA) is 25.8 Å². The quantitative estimate of drug-likeness (QED) is 0.697. The van der Waals surface area contributed by atoms with Crippen molar-refractivity contribution in [3.8, 4) is 5.75 Å². The minimum atomic E-state index is 0.823. The van der Waals surface area contributed by atoms with Gasteiger partial charge in [0, 0.05) is 4.47 Å². The van der Waals surface area contributed by atoms with Gasteiger partial charge in [0.1, 0.15) is 5.75 Å². The van der Waals surface area contributed by atoms with Gasteiger partial charge in [0.25, 0.3) is 0 Å². The van der Waals surface area contributed by atoms with Crippen molar-refractivity contribution < 1.29 is 10.1 Å². The van der Waals surface area contributed by atoms with Crippen molar-refractivity contribution in [1.82, 2.24) is 0 Å². The zero-order valence-corrected chi connectivity index (χ0v) is 12.2. The summed E-state index contributed by atoms with van der Waals surface area (Å²) in [6.45, 7) is 5.55. The Morgan fingerprint density at radius 2 is 1.76 bits per heavy atom. The monoisotopic (exact) mass is 300 g/mol. The number of quaternary nitrogens is 1. The molecule has 2 nitrogen and oxygen atoms in total. The van der Waals surface area contributed by atoms with Crippen LogP contribution in [0.2, 0.25) is 0 Å². The van der Waals surface area contributed by atoms with E-state index in [-0.39, 0.29) is 0 Å². The van der Waals surface area contributed by atoms with Gasteiger partial charge >= 0.3 is 0 Å². The molecule has 17 heavy (non-hydrogen) atoms. The van der Waals surface area contributed by atoms with E-state index in [4.69, 9.17) is 4.74 Å². The van der Waals surface area contributed by atoms with E-state index >= 15 is 0 Å². The number of benzene rings is 1. The van der Waals surface area contributed by atoms with Crippen molar-refractivity contribution in [3.05, 3.63) is 28.7 Å². The number of rotatable bonds is 9. The van der Waals surface area contributed by atoms with Gasteiger partial charge in [-0.2, -0.15) is 0 Å². The molecule has 0 aliphatic carbocycles. The Morgan fingerprint density at radius 1 is 1.06 bits per heavy atom. The van der Waals surface area contributed by atoms with Gasteiger partial charge in [0.2, 0.25) is 0 Å². The highest BCUT2D eigenvalue weighted by Gasteiger charge is 1.95. The number of ether oxygens (including phenoxy) is 1. The number of unbranched alkanes of at least 4 members (excludes halogenated alkanes) is 2. The molecule has 0 saturated heterocycles. The second-order valence-corrected chi connectivity index (χ2v) is 5.14. The summed E-state index contributed by atoms with van der Waals surface area (Å²) < 4.78 is 6.75. The molecule has 0 amide bonds. The smallest absolute Gasteiger partial charge is 0.119 e. The molecule has 0 saturated carbocycles. The Kier molecular flexibility index (Phi) is 8.10. The predicted octanol–water partition coefficient (Wildman–Crippen LogP) is 2.97. The SMILES string of the molecule is CCCC[NH2+]CCCCOc1ccc(Br)cc1. The largest absolute Gasteiger partial charge is 0.494 e. The molecule has 1 aromatic rings. The molecule has 1 aromatic carbocycles. The van der Waals surface area contributed by atoms with Crippen LogP contribution in [0.15, 0.2) is 28.7 Å². The first-order valence-corrected chi connectivity index (χ1v) is 7.32. The molecule has 0 aromatic heterocycles. The summed E-state index contributed by atoms with van der Waals surface area (Å²) in [4.78, 5) is 0. The lowest BCUT2D eigenvalue weighted by molar-refractivity contribution is -0.655. The molecule has 0 unspecified atom stereocenters. The van der Waals surface area contributed by atoms with Gasteiger partial charge in [-0.3, -0.25) is 0 Å². The van der Waals surface area contributed by atoms with E-state index in [0.717, 1.165) is 23.2 Å². The highest BCUT2D eigenvalue weighted by atomic mass is 79.9. The molecule has 96 valence electrons. The Balaban J connectivity index is 1.95. The van der Waals surface area contributed by atoms with Crippen LogP contribution in [0.1, 0.15) is 32.6 Å². The van der Waals surface area contributed by atoms with E-state index in [9.17, 15) is 0 Å². The second kappa shape index (κ2) is 9.49. The van der Waals surface area contributed by atoms with Crippen LogP contribution < -0.4 is 10.1 Å². The molecule has 0 bridgehead atoms. The van der Waals surface area contributed by atoms with Crippen LogP contribution in [0.5, 0.6) is 5.75 Å². The van der Waals surface area contributed by atoms with E-state index < -0.39 is 0 Å². The van der Waals surface area contributed by atoms with E-state index in [0.29, 0.717) is 0 Å². The maximum Gasteiger partial charge on any atom is 0.119 e. The molecule has 0 aliphatic rings. The summed E-state index contributed by atoms with van der Waals surface area (Å²) >= 11 is 3.41. The van der Waals surface area contributed by atoms with Gasteiger partial charge in [-0.15, -0.1) is 0 Å². The molecule has 2 N–H and O–H groups in total. The maximum absolute atomic E-state index is 5.65. The molecule has 0 spiro atoms. The number of hydrogen-bond donors (Lipinski definition) is 1. The molecule has 0 radical (unpaired) electrons. The third-order valence-corrected chi connectivity index (χ3v) is 3.18. The number of halogens is 1. The summed E-state index contributed by atoms with van der Waals surface area (Å²) in [5, 5.41) is 2.41. The lowest BCUT2D eigenvalue weighted by Gasteiger charge is -2.05. The average molecular weight is 301 g/mol. The Labute approximate surface area is 113 Å². The van der Waals surface area contributed by atoms with Crippen LogP contribution in [0.3, 0.4) is 0 Å². The minimum absolute atomic E-state index is 0.823. The Hall–Kier alpha value is -0.540. The number of hydrogen-bond acceptors (Lipinski definition) is 1. The lowest BCUT2D eigenvalue weighted by atomic mass is 10.3. The first kappa shape index (κ1) is 14.5. The normalized spacial score (nSPS) is 10.5. The lowest BCUT2D eigenvalue weighted by Crippen LogP contribution is -2.84. The summed E-state index contributed by atoms with van der Waals surface area (Å²) in [5.74, 6) is 0.961. The second-order valence-electron chi connectivity index (χ2n) is 4.23. The van der Waals surface area contributed by atoms with Crippen LogP contribution in [-0.4, -0.2) is 19.7 Å². The van der Waals surface area contributed by atoms with Gasteiger partial charge in [0.15, 0.2) is 0 Å². The number of nitrogens with two attached hydrogens (primary N) is 1. The van der Waals surface area contributed by atoms with Gasteiger partial charge in [0.05, 0.1) is 19.7 Å². The fourth-order valence-electron chi connectivity index (χ4n) is 1.60. The van der Waals surface area contributed by atoms with E-state index in [2.05, 4.69) is 28.2 Å². The Morgan fingerprint density at radius 3 is 2.47 bits per heavy atom. The summed E-state index contributed by atoms with van der Waals surface area (Å²) in [5.41, 5.74) is 0. The van der Waals surface area contributed by atoms with Crippen molar-refractivity contribution >= 4 is 15.9 Å². The molecular formula is C14H23BrNO+. The molecule has 3 heteroatoms. The summed E-state index contributed by atoms with van der Waals surface area (Å²) in [6, 6.07) is 8.01. The summed E-state index contributed by atoms with van der Waals surface area (Å²) in [6.07, 6.45) is 5.00. The maximum atomic E-state index is 5.65. The van der Waals surface area contributed by atoms with Crippen LogP contribution in [0.25, 0.3) is 0 Å². The van der Waals surface area contributed by atoms with Crippen LogP contribution in [0, 0.1) is 0 Å². The molecule has 0 heterocycles. The predicted molar refractivity (Wildman–Crippen MR) is 75.4 cm³/mol. The highest BCUT2D eigenvalue weighted by Crippen LogP contribution is 2.16. The third-order valence-electron chi connectivity index (χ3n) is 2.65. The van der Waals surface area contributed by atoms with Crippen molar-refractivity contribution in [2.24, 2.45) is 0 Å². The fraction of sp³-hybridized carbons (Fsp3) is 0.571. The fourth-order valence-corrected chi connectivity index (χ4v) is 1.87. The zero-order valence-electron chi connectivity index (χ0n) is 10.6. The van der Waals surface area contributed by atoms with Crippen molar-refractivity contribution in [1.29, 1.82) is 0 Å². The van der Waals surface area contributed by atoms with Gasteiger partial charge < -0.3 is 10.1 Å². The van der Waals surface area contributed by atoms with Crippen LogP contribution in [-0.2, 0) is 0 Å². The first-order valence-electron chi connectivity index (χ1n) is 6.53. The molecule has 0 aliphatic heterocycles. The average Bonchev–Trinajstić information content (AvgIpc) is 2.35. The molecule has 0 fully saturated rings. The standard InChI is InChI=1S/C14H22BrNO/c1-2-3-10-16-11-4-5-12-17-14-8-6-13(15)7-9-14/h6-9,16H,2-5,10-12H2,1H3/p+1. The minimum Gasteiger partial charge on any atom is -0.494 e. The zero-order chi connectivity index (χ0) is 12.3. The van der Waals surface area contributed by atoms with E-state index in [1.54, 1.807) is 0 Å². The van der Waals surface area contributed by atoms with Crippen molar-refractivity contribution in [2.75, 3.05) is 19.7 Å². The molecule has 1 rings (SSSR count). The van der Waals surface area contributed by atoms with Gasteiger partial charge in [-0.1, -0.05) is 29.3 Å². The summed E-state index contributed by atoms with van der Waals surface area (Å²) in [7, 11) is 0. The molecular weight excluding hydrogens is 278 g/mol. The first-order chi connectivity index (χ1) is 8.33. The Bertz CT molecular complexity index is 287. The van der Waals surface area contributed by atoms with Gasteiger partial charge in [-0.25, -0.2) is 0 Å².